The van der Waals surface area contributed by atoms with Gasteiger partial charge in [0, 0.05) is 24.7 Å². The first-order valence-electron chi connectivity index (χ1n) is 14.6. The standard InChI is InChI=1S/C30H34ClF2N5O6/c1-17-13-37(28(41)42)22(14-44-17)18-3-5-19(6-4-18)38-23(31)11-20-25(38)34-16-36(26(20)39)15-30(43)7-9-35(10-8-30)27(40)29(2)12-21(29)24(32)33/h3-6,11,16-17,21-22,24,43H,7-10,12-15H2,1-2H3,(H,41,42)/t17-,21+,22-,29-/m0/s1. The van der Waals surface area contributed by atoms with Crippen molar-refractivity contribution in [3.63, 3.8) is 0 Å². The van der Waals surface area contributed by atoms with Crippen LogP contribution in [0.2, 0.25) is 5.15 Å². The quantitative estimate of drug-likeness (QED) is 0.421. The van der Waals surface area contributed by atoms with Crippen LogP contribution in [0.5, 0.6) is 0 Å². The number of aromatic nitrogens is 3. The summed E-state index contributed by atoms with van der Waals surface area (Å²) in [5.74, 6) is -1.24. The minimum atomic E-state index is -2.53. The van der Waals surface area contributed by atoms with E-state index in [1.165, 1.54) is 26.8 Å². The molecule has 0 bridgehead atoms. The Bertz CT molecular complexity index is 1650. The number of hydrogen-bond donors (Lipinski definition) is 2. The molecular formula is C30H34ClF2N5O6. The average molecular weight is 634 g/mol. The maximum absolute atomic E-state index is 13.5. The number of alkyl halides is 2. The summed E-state index contributed by atoms with van der Waals surface area (Å²) >= 11 is 6.57. The summed E-state index contributed by atoms with van der Waals surface area (Å²) in [7, 11) is 0. The average Bonchev–Trinajstić information content (AvgIpc) is 3.58. The Morgan fingerprint density at radius 3 is 2.50 bits per heavy atom. The smallest absolute Gasteiger partial charge is 0.407 e. The third-order valence-electron chi connectivity index (χ3n) is 9.43. The van der Waals surface area contributed by atoms with E-state index in [0.717, 1.165) is 5.56 Å². The fraction of sp³-hybridized carbons (Fsp3) is 0.533. The van der Waals surface area contributed by atoms with Crippen molar-refractivity contribution in [3.05, 3.63) is 57.7 Å². The Labute approximate surface area is 256 Å². The van der Waals surface area contributed by atoms with Gasteiger partial charge in [0.2, 0.25) is 12.3 Å². The first kappa shape index (κ1) is 30.5. The third-order valence-corrected chi connectivity index (χ3v) is 9.71. The summed E-state index contributed by atoms with van der Waals surface area (Å²) in [5.41, 5.74) is -1.02. The van der Waals surface area contributed by atoms with E-state index in [1.54, 1.807) is 35.8 Å². The van der Waals surface area contributed by atoms with Crippen LogP contribution < -0.4 is 5.56 Å². The number of likely N-dealkylation sites (tertiary alicyclic amines) is 1. The lowest BCUT2D eigenvalue weighted by atomic mass is 9.90. The molecule has 2 saturated heterocycles. The molecule has 3 aliphatic rings. The number of carboxylic acid groups (broad SMARTS) is 1. The summed E-state index contributed by atoms with van der Waals surface area (Å²) in [6.45, 7) is 4.26. The van der Waals surface area contributed by atoms with E-state index in [9.17, 15) is 33.4 Å². The van der Waals surface area contributed by atoms with Crippen LogP contribution in [-0.4, -0.2) is 90.5 Å². The van der Waals surface area contributed by atoms with E-state index in [2.05, 4.69) is 4.98 Å². The lowest BCUT2D eigenvalue weighted by molar-refractivity contribution is -0.142. The number of nitrogens with zero attached hydrogens (tertiary/aromatic N) is 5. The molecule has 0 spiro atoms. The van der Waals surface area contributed by atoms with Crippen molar-refractivity contribution in [3.8, 4) is 5.69 Å². The van der Waals surface area contributed by atoms with E-state index in [4.69, 9.17) is 16.3 Å². The molecule has 4 atom stereocenters. The summed E-state index contributed by atoms with van der Waals surface area (Å²) in [6.07, 6.45) is -1.85. The van der Waals surface area contributed by atoms with Crippen molar-refractivity contribution >= 4 is 34.6 Å². The van der Waals surface area contributed by atoms with Crippen LogP contribution in [0.3, 0.4) is 0 Å². The third kappa shape index (κ3) is 5.34. The zero-order valence-corrected chi connectivity index (χ0v) is 25.1. The molecule has 11 nitrogen and oxygen atoms in total. The van der Waals surface area contributed by atoms with Crippen molar-refractivity contribution in [2.45, 2.75) is 63.8 Å². The van der Waals surface area contributed by atoms with Gasteiger partial charge in [-0.25, -0.2) is 18.6 Å². The number of carbonyl (C=O) groups is 2. The minimum absolute atomic E-state index is 0.0482. The van der Waals surface area contributed by atoms with Crippen LogP contribution in [0.1, 0.15) is 44.7 Å². The maximum Gasteiger partial charge on any atom is 0.407 e. The predicted molar refractivity (Wildman–Crippen MR) is 156 cm³/mol. The fourth-order valence-electron chi connectivity index (χ4n) is 6.55. The zero-order valence-electron chi connectivity index (χ0n) is 24.3. The van der Waals surface area contributed by atoms with E-state index < -0.39 is 41.1 Å². The van der Waals surface area contributed by atoms with Gasteiger partial charge in [0.05, 0.1) is 48.2 Å². The molecule has 1 aliphatic carbocycles. The number of hydrogen-bond acceptors (Lipinski definition) is 6. The van der Waals surface area contributed by atoms with Gasteiger partial charge in [-0.2, -0.15) is 0 Å². The van der Waals surface area contributed by atoms with E-state index >= 15 is 0 Å². The zero-order chi connectivity index (χ0) is 31.6. The van der Waals surface area contributed by atoms with Crippen LogP contribution in [0.4, 0.5) is 13.6 Å². The van der Waals surface area contributed by atoms with Gasteiger partial charge in [-0.3, -0.25) is 23.6 Å². The van der Waals surface area contributed by atoms with Gasteiger partial charge in [0.1, 0.15) is 11.5 Å². The summed E-state index contributed by atoms with van der Waals surface area (Å²) < 4.78 is 34.9. The molecule has 6 rings (SSSR count). The highest BCUT2D eigenvalue weighted by Gasteiger charge is 2.61. The Hall–Kier alpha value is -3.55. The number of morpholine rings is 1. The number of halogens is 3. The molecule has 2 amide bonds. The first-order chi connectivity index (χ1) is 20.8. The predicted octanol–water partition coefficient (Wildman–Crippen LogP) is 3.93. The van der Waals surface area contributed by atoms with Gasteiger partial charge in [0.25, 0.3) is 5.56 Å². The molecule has 2 aliphatic heterocycles. The Kier molecular flexibility index (Phi) is 7.70. The Morgan fingerprint density at radius 2 is 1.89 bits per heavy atom. The molecule has 3 fully saturated rings. The largest absolute Gasteiger partial charge is 0.465 e. The Balaban J connectivity index is 1.18. The van der Waals surface area contributed by atoms with Crippen molar-refractivity contribution in [2.75, 3.05) is 26.2 Å². The lowest BCUT2D eigenvalue weighted by Crippen LogP contribution is -2.51. The second-order valence-corrected chi connectivity index (χ2v) is 12.9. The second-order valence-electron chi connectivity index (χ2n) is 12.5. The van der Waals surface area contributed by atoms with Crippen molar-refractivity contribution in [2.24, 2.45) is 11.3 Å². The second kappa shape index (κ2) is 11.1. The van der Waals surface area contributed by atoms with Crippen LogP contribution in [0.15, 0.2) is 41.5 Å². The molecule has 2 N–H and O–H groups in total. The van der Waals surface area contributed by atoms with Gasteiger partial charge in [-0.1, -0.05) is 30.7 Å². The first-order valence-corrected chi connectivity index (χ1v) is 15.0. The normalized spacial score (nSPS) is 26.8. The van der Waals surface area contributed by atoms with Gasteiger partial charge in [0.15, 0.2) is 5.65 Å². The monoisotopic (exact) mass is 633 g/mol. The van der Waals surface area contributed by atoms with Gasteiger partial charge >= 0.3 is 6.09 Å². The summed E-state index contributed by atoms with van der Waals surface area (Å²) in [5, 5.41) is 21.5. The van der Waals surface area contributed by atoms with Crippen molar-refractivity contribution < 1.29 is 33.3 Å². The van der Waals surface area contributed by atoms with E-state index in [1.807, 2.05) is 6.92 Å². The molecule has 14 heteroatoms. The van der Waals surface area contributed by atoms with Crippen LogP contribution in [-0.2, 0) is 16.1 Å². The van der Waals surface area contributed by atoms with E-state index in [0.29, 0.717) is 11.3 Å². The number of ether oxygens (including phenoxy) is 1. The van der Waals surface area contributed by atoms with Crippen molar-refractivity contribution in [1.82, 2.24) is 23.9 Å². The van der Waals surface area contributed by atoms with Crippen LogP contribution >= 0.6 is 11.6 Å². The summed E-state index contributed by atoms with van der Waals surface area (Å²) in [4.78, 5) is 45.5. The van der Waals surface area contributed by atoms with Gasteiger partial charge in [-0.05, 0) is 49.9 Å². The number of rotatable bonds is 6. The van der Waals surface area contributed by atoms with Crippen molar-refractivity contribution in [1.29, 1.82) is 0 Å². The number of fused-ring (bicyclic) bond motifs is 1. The van der Waals surface area contributed by atoms with Gasteiger partial charge < -0.3 is 19.8 Å². The summed E-state index contributed by atoms with van der Waals surface area (Å²) in [6, 6.07) is 8.19. The maximum atomic E-state index is 13.5. The molecule has 3 aromatic rings. The Morgan fingerprint density at radius 1 is 1.20 bits per heavy atom. The molecule has 44 heavy (non-hydrogen) atoms. The highest BCUT2D eigenvalue weighted by atomic mass is 35.5. The molecule has 1 saturated carbocycles. The molecule has 4 heterocycles. The number of carbonyl (C=O) groups excluding carboxylic acids is 1. The topological polar surface area (TPSA) is 130 Å². The molecule has 0 radical (unpaired) electrons. The highest BCUT2D eigenvalue weighted by molar-refractivity contribution is 6.31. The molecular weight excluding hydrogens is 600 g/mol. The van der Waals surface area contributed by atoms with Crippen LogP contribution in [0.25, 0.3) is 16.7 Å². The van der Waals surface area contributed by atoms with Crippen LogP contribution in [0, 0.1) is 11.3 Å². The number of benzene rings is 1. The molecule has 2 aromatic heterocycles. The minimum Gasteiger partial charge on any atom is -0.465 e. The molecule has 236 valence electrons. The molecule has 0 unspecified atom stereocenters. The fourth-order valence-corrected chi connectivity index (χ4v) is 6.84. The van der Waals surface area contributed by atoms with Gasteiger partial charge in [-0.15, -0.1) is 0 Å². The number of amides is 2. The number of aliphatic hydroxyl groups is 1. The SMILES string of the molecule is C[C@H]1CN(C(=O)O)[C@H](c2ccc(-n3c(Cl)cc4c(=O)n(CC5(O)CCN(C(=O)[C@@]6(C)C[C@@H]6C(F)F)CC5)cnc43)cc2)CO1. The highest BCUT2D eigenvalue weighted by Crippen LogP contribution is 2.56. The molecule has 1 aromatic carbocycles. The lowest BCUT2D eigenvalue weighted by Gasteiger charge is -2.39. The number of piperidine rings is 1. The van der Waals surface area contributed by atoms with E-state index in [-0.39, 0.29) is 74.6 Å².